The van der Waals surface area contributed by atoms with Crippen LogP contribution in [0.3, 0.4) is 0 Å². The van der Waals surface area contributed by atoms with Gasteiger partial charge in [0.2, 0.25) is 5.91 Å². The van der Waals surface area contributed by atoms with E-state index in [1.165, 1.54) is 5.56 Å². The Balaban J connectivity index is 1.40. The number of nitrogens with one attached hydrogen (secondary N) is 1. The lowest BCUT2D eigenvalue weighted by Gasteiger charge is -2.23. The maximum Gasteiger partial charge on any atom is 0.241 e. The topological polar surface area (TPSA) is 50.2 Å². The molecule has 1 aliphatic rings. The second-order valence-corrected chi connectivity index (χ2v) is 7.05. The Bertz CT molecular complexity index is 902. The predicted octanol–water partition coefficient (Wildman–Crippen LogP) is 3.78. The summed E-state index contributed by atoms with van der Waals surface area (Å²) in [5.41, 5.74) is 4.02. The number of anilines is 1. The number of carbonyl (C=O) groups is 1. The molecule has 1 fully saturated rings. The van der Waals surface area contributed by atoms with Crippen LogP contribution in [0.1, 0.15) is 24.1 Å². The van der Waals surface area contributed by atoms with Gasteiger partial charge in [-0.2, -0.15) is 5.10 Å². The molecule has 4 rings (SSSR count). The molecule has 1 amide bonds. The van der Waals surface area contributed by atoms with Crippen molar-refractivity contribution >= 4 is 11.6 Å². The van der Waals surface area contributed by atoms with Crippen LogP contribution < -0.4 is 5.32 Å². The fraction of sp³-hybridized carbons (Fsp3) is 0.273. The van der Waals surface area contributed by atoms with Gasteiger partial charge in [0, 0.05) is 18.4 Å². The van der Waals surface area contributed by atoms with Gasteiger partial charge in [0.1, 0.15) is 0 Å². The maximum atomic E-state index is 12.8. The Labute approximate surface area is 159 Å². The molecule has 138 valence electrons. The van der Waals surface area contributed by atoms with E-state index in [1.54, 1.807) is 0 Å². The summed E-state index contributed by atoms with van der Waals surface area (Å²) >= 11 is 0. The van der Waals surface area contributed by atoms with Gasteiger partial charge in [-0.25, -0.2) is 4.68 Å². The van der Waals surface area contributed by atoms with Crippen molar-refractivity contribution in [1.82, 2.24) is 14.7 Å². The molecule has 0 aliphatic carbocycles. The van der Waals surface area contributed by atoms with E-state index in [0.29, 0.717) is 0 Å². The van der Waals surface area contributed by atoms with Crippen LogP contribution in [0, 0.1) is 6.92 Å². The van der Waals surface area contributed by atoms with E-state index in [-0.39, 0.29) is 11.9 Å². The van der Waals surface area contributed by atoms with Gasteiger partial charge in [-0.05, 0) is 62.2 Å². The number of benzene rings is 2. The monoisotopic (exact) mass is 360 g/mol. The molecule has 0 bridgehead atoms. The zero-order valence-electron chi connectivity index (χ0n) is 15.5. The quantitative estimate of drug-likeness (QED) is 0.753. The first-order chi connectivity index (χ1) is 13.2. The number of amides is 1. The van der Waals surface area contributed by atoms with Gasteiger partial charge in [0.15, 0.2) is 0 Å². The van der Waals surface area contributed by atoms with E-state index in [9.17, 15) is 4.79 Å². The van der Waals surface area contributed by atoms with Gasteiger partial charge in [-0.3, -0.25) is 9.69 Å². The van der Waals surface area contributed by atoms with E-state index in [2.05, 4.69) is 27.4 Å². The van der Waals surface area contributed by atoms with Crippen LogP contribution in [0.25, 0.3) is 5.69 Å². The van der Waals surface area contributed by atoms with Gasteiger partial charge in [-0.15, -0.1) is 0 Å². The van der Waals surface area contributed by atoms with Crippen LogP contribution in [-0.2, 0) is 11.3 Å². The summed E-state index contributed by atoms with van der Waals surface area (Å²) in [6.45, 7) is 3.75. The maximum absolute atomic E-state index is 12.8. The Morgan fingerprint density at radius 3 is 2.59 bits per heavy atom. The molecule has 27 heavy (non-hydrogen) atoms. The average molecular weight is 360 g/mol. The molecule has 1 atom stereocenters. The van der Waals surface area contributed by atoms with Gasteiger partial charge in [0.25, 0.3) is 0 Å². The fourth-order valence-electron chi connectivity index (χ4n) is 3.61. The van der Waals surface area contributed by atoms with Gasteiger partial charge in [0.05, 0.1) is 17.4 Å². The smallest absolute Gasteiger partial charge is 0.241 e. The Hall–Kier alpha value is -2.92. The molecule has 1 aromatic heterocycles. The molecule has 0 spiro atoms. The van der Waals surface area contributed by atoms with Crippen LogP contribution in [0.2, 0.25) is 0 Å². The predicted molar refractivity (Wildman–Crippen MR) is 107 cm³/mol. The van der Waals surface area contributed by atoms with Crippen molar-refractivity contribution in [3.8, 4) is 5.69 Å². The highest BCUT2D eigenvalue weighted by Crippen LogP contribution is 2.22. The first-order valence-corrected chi connectivity index (χ1v) is 9.40. The first-order valence-electron chi connectivity index (χ1n) is 9.40. The first kappa shape index (κ1) is 17.5. The van der Waals surface area contributed by atoms with Crippen molar-refractivity contribution in [3.63, 3.8) is 0 Å². The number of aryl methyl sites for hydroxylation is 1. The van der Waals surface area contributed by atoms with Crippen molar-refractivity contribution in [1.29, 1.82) is 0 Å². The SMILES string of the molecule is Cc1ccn(-c2ccc(NC(=O)C3CCCN3Cc3ccccc3)cc2)n1. The molecular weight excluding hydrogens is 336 g/mol. The molecular formula is C22H24N4O. The Morgan fingerprint density at radius 2 is 1.89 bits per heavy atom. The molecule has 5 heteroatoms. The number of aromatic nitrogens is 2. The summed E-state index contributed by atoms with van der Waals surface area (Å²) in [6, 6.07) is 20.0. The number of carbonyl (C=O) groups excluding carboxylic acids is 1. The van der Waals surface area contributed by atoms with Crippen molar-refractivity contribution in [3.05, 3.63) is 78.1 Å². The number of likely N-dealkylation sites (tertiary alicyclic amines) is 1. The molecule has 2 heterocycles. The second kappa shape index (κ2) is 7.76. The normalized spacial score (nSPS) is 17.1. The highest BCUT2D eigenvalue weighted by atomic mass is 16.2. The van der Waals surface area contributed by atoms with Gasteiger partial charge in [-0.1, -0.05) is 30.3 Å². The lowest BCUT2D eigenvalue weighted by molar-refractivity contribution is -0.120. The van der Waals surface area contributed by atoms with E-state index >= 15 is 0 Å². The van der Waals surface area contributed by atoms with Crippen LogP contribution in [0.4, 0.5) is 5.69 Å². The summed E-state index contributed by atoms with van der Waals surface area (Å²) in [7, 11) is 0. The standard InChI is InChI=1S/C22H24N4O/c1-17-13-15-26(24-17)20-11-9-19(10-12-20)23-22(27)21-8-5-14-25(21)16-18-6-3-2-4-7-18/h2-4,6-7,9-13,15,21H,5,8,14,16H2,1H3,(H,23,27). The molecule has 1 aliphatic heterocycles. The molecule has 0 saturated carbocycles. The summed E-state index contributed by atoms with van der Waals surface area (Å²) in [5.74, 6) is 0.0751. The van der Waals surface area contributed by atoms with Gasteiger partial charge >= 0.3 is 0 Å². The van der Waals surface area contributed by atoms with Crippen molar-refractivity contribution in [2.75, 3.05) is 11.9 Å². The van der Waals surface area contributed by atoms with Crippen LogP contribution >= 0.6 is 0 Å². The van der Waals surface area contributed by atoms with E-state index < -0.39 is 0 Å². The lowest BCUT2D eigenvalue weighted by Crippen LogP contribution is -2.39. The Morgan fingerprint density at radius 1 is 1.11 bits per heavy atom. The van der Waals surface area contributed by atoms with Crippen molar-refractivity contribution in [2.45, 2.75) is 32.4 Å². The third-order valence-corrected chi connectivity index (χ3v) is 5.02. The number of rotatable bonds is 5. The average Bonchev–Trinajstić information content (AvgIpc) is 3.32. The van der Waals surface area contributed by atoms with Crippen LogP contribution in [-0.4, -0.2) is 33.2 Å². The minimum atomic E-state index is -0.0707. The second-order valence-electron chi connectivity index (χ2n) is 7.05. The summed E-state index contributed by atoms with van der Waals surface area (Å²) < 4.78 is 1.83. The highest BCUT2D eigenvalue weighted by Gasteiger charge is 2.30. The summed E-state index contributed by atoms with van der Waals surface area (Å²) in [5, 5.41) is 7.48. The van der Waals surface area contributed by atoms with Gasteiger partial charge < -0.3 is 5.32 Å². The number of nitrogens with zero attached hydrogens (tertiary/aromatic N) is 3. The van der Waals surface area contributed by atoms with E-state index in [4.69, 9.17) is 0 Å². The lowest BCUT2D eigenvalue weighted by atomic mass is 10.1. The number of hydrogen-bond acceptors (Lipinski definition) is 3. The summed E-state index contributed by atoms with van der Waals surface area (Å²) in [6.07, 6.45) is 3.90. The van der Waals surface area contributed by atoms with Crippen molar-refractivity contribution < 1.29 is 4.79 Å². The minimum Gasteiger partial charge on any atom is -0.325 e. The zero-order valence-corrected chi connectivity index (χ0v) is 15.5. The third-order valence-electron chi connectivity index (χ3n) is 5.02. The Kier molecular flexibility index (Phi) is 5.03. The van der Waals surface area contributed by atoms with Crippen LogP contribution in [0.15, 0.2) is 66.9 Å². The van der Waals surface area contributed by atoms with E-state index in [0.717, 1.165) is 43.0 Å². The molecule has 3 aromatic rings. The van der Waals surface area contributed by atoms with Crippen LogP contribution in [0.5, 0.6) is 0 Å². The zero-order chi connectivity index (χ0) is 18.6. The molecule has 5 nitrogen and oxygen atoms in total. The molecule has 2 aromatic carbocycles. The highest BCUT2D eigenvalue weighted by molar-refractivity contribution is 5.95. The molecule has 0 radical (unpaired) electrons. The molecule has 1 unspecified atom stereocenters. The fourth-order valence-corrected chi connectivity index (χ4v) is 3.61. The number of hydrogen-bond donors (Lipinski definition) is 1. The van der Waals surface area contributed by atoms with E-state index in [1.807, 2.05) is 66.3 Å². The van der Waals surface area contributed by atoms with Crippen molar-refractivity contribution in [2.24, 2.45) is 0 Å². The largest absolute Gasteiger partial charge is 0.325 e. The molecule has 1 saturated heterocycles. The summed E-state index contributed by atoms with van der Waals surface area (Å²) in [4.78, 5) is 15.1. The minimum absolute atomic E-state index is 0.0707. The molecule has 1 N–H and O–H groups in total. The third kappa shape index (κ3) is 4.09.